The lowest BCUT2D eigenvalue weighted by Gasteiger charge is -2.45. The van der Waals surface area contributed by atoms with Crippen LogP contribution in [0.1, 0.15) is 34.6 Å². The molecule has 2 aliphatic heterocycles. The molecule has 0 unspecified atom stereocenters. The largest absolute Gasteiger partial charge is 0.493 e. The first-order valence-corrected chi connectivity index (χ1v) is 9.65. The van der Waals surface area contributed by atoms with Gasteiger partial charge in [-0.25, -0.2) is 4.68 Å². The van der Waals surface area contributed by atoms with E-state index in [1.807, 2.05) is 12.1 Å². The van der Waals surface area contributed by atoms with Crippen molar-refractivity contribution in [3.05, 3.63) is 29.1 Å². The number of nitrogens with zero attached hydrogens (tertiary/aromatic N) is 4. The minimum Gasteiger partial charge on any atom is -0.493 e. The van der Waals surface area contributed by atoms with Gasteiger partial charge in [0.05, 0.1) is 33.5 Å². The molecule has 156 valence electrons. The van der Waals surface area contributed by atoms with Gasteiger partial charge in [-0.15, -0.1) is 5.10 Å². The van der Waals surface area contributed by atoms with Gasteiger partial charge >= 0.3 is 6.01 Å². The maximum absolute atomic E-state index is 12.8. The van der Waals surface area contributed by atoms with Crippen LogP contribution < -0.4 is 14.2 Å². The van der Waals surface area contributed by atoms with Gasteiger partial charge in [-0.2, -0.15) is 4.98 Å². The van der Waals surface area contributed by atoms with Crippen molar-refractivity contribution in [1.82, 2.24) is 19.7 Å². The third kappa shape index (κ3) is 3.29. The molecule has 0 bridgehead atoms. The second-order valence-corrected chi connectivity index (χ2v) is 7.30. The molecule has 9 nitrogen and oxygen atoms in total. The van der Waals surface area contributed by atoms with Crippen LogP contribution in [0.15, 0.2) is 12.1 Å². The summed E-state index contributed by atoms with van der Waals surface area (Å²) in [6.45, 7) is 1.77. The van der Waals surface area contributed by atoms with Gasteiger partial charge in [0.25, 0.3) is 5.91 Å². The molecule has 4 rings (SSSR count). The Morgan fingerprint density at radius 1 is 1.10 bits per heavy atom. The van der Waals surface area contributed by atoms with E-state index in [1.165, 1.54) is 17.4 Å². The van der Waals surface area contributed by atoms with Crippen LogP contribution in [0.3, 0.4) is 0 Å². The summed E-state index contributed by atoms with van der Waals surface area (Å²) in [7, 11) is 6.48. The molecule has 2 aromatic rings. The van der Waals surface area contributed by atoms with E-state index in [1.54, 1.807) is 26.2 Å². The van der Waals surface area contributed by atoms with Crippen molar-refractivity contribution in [1.29, 1.82) is 0 Å². The average Bonchev–Trinajstić information content (AvgIpc) is 3.14. The van der Waals surface area contributed by atoms with Gasteiger partial charge < -0.3 is 23.8 Å². The Kier molecular flexibility index (Phi) is 5.08. The quantitative estimate of drug-likeness (QED) is 0.767. The standard InChI is InChI=1S/C20H26N4O5/c1-23-19(28-4)21-17(22-23)18(25)24-8-6-20(7-9-24)14-12-16(27-3)15(26-2)11-13(14)5-10-29-20/h11-12H,5-10H2,1-4H3. The number of benzene rings is 1. The monoisotopic (exact) mass is 402 g/mol. The molecule has 1 saturated heterocycles. The number of ether oxygens (including phenoxy) is 4. The molecule has 1 aromatic carbocycles. The van der Waals surface area contributed by atoms with Crippen molar-refractivity contribution in [3.63, 3.8) is 0 Å². The van der Waals surface area contributed by atoms with Crippen molar-refractivity contribution in [3.8, 4) is 17.5 Å². The molecule has 1 fully saturated rings. The first-order valence-electron chi connectivity index (χ1n) is 9.65. The summed E-state index contributed by atoms with van der Waals surface area (Å²) in [5.74, 6) is 1.38. The van der Waals surface area contributed by atoms with Crippen LogP contribution in [0.4, 0.5) is 0 Å². The minimum atomic E-state index is -0.418. The van der Waals surface area contributed by atoms with E-state index in [-0.39, 0.29) is 11.7 Å². The number of piperidine rings is 1. The Bertz CT molecular complexity index is 918. The van der Waals surface area contributed by atoms with Crippen molar-refractivity contribution in [2.75, 3.05) is 41.0 Å². The molecule has 0 atom stereocenters. The van der Waals surface area contributed by atoms with Crippen molar-refractivity contribution in [2.45, 2.75) is 24.9 Å². The topological polar surface area (TPSA) is 87.9 Å². The lowest BCUT2D eigenvalue weighted by Crippen LogP contribution is -2.48. The lowest BCUT2D eigenvalue weighted by atomic mass is 9.79. The number of fused-ring (bicyclic) bond motifs is 2. The molecule has 3 heterocycles. The molecule has 1 amide bonds. The fourth-order valence-electron chi connectivity index (χ4n) is 4.25. The highest BCUT2D eigenvalue weighted by molar-refractivity contribution is 5.90. The first-order chi connectivity index (χ1) is 14.0. The molecule has 0 saturated carbocycles. The second kappa shape index (κ2) is 7.55. The zero-order valence-corrected chi connectivity index (χ0v) is 17.2. The smallest absolute Gasteiger partial charge is 0.314 e. The number of rotatable bonds is 4. The molecular weight excluding hydrogens is 376 g/mol. The number of hydrogen-bond acceptors (Lipinski definition) is 7. The maximum atomic E-state index is 12.8. The number of carbonyl (C=O) groups excluding carboxylic acids is 1. The highest BCUT2D eigenvalue weighted by atomic mass is 16.5. The molecular formula is C20H26N4O5. The van der Waals surface area contributed by atoms with Crippen molar-refractivity contribution in [2.24, 2.45) is 7.05 Å². The average molecular weight is 402 g/mol. The summed E-state index contributed by atoms with van der Waals surface area (Å²) >= 11 is 0. The Balaban J connectivity index is 1.55. The third-order valence-corrected chi connectivity index (χ3v) is 5.81. The van der Waals surface area contributed by atoms with Gasteiger partial charge in [0.15, 0.2) is 11.5 Å². The lowest BCUT2D eigenvalue weighted by molar-refractivity contribution is -0.0937. The Morgan fingerprint density at radius 2 is 1.79 bits per heavy atom. The van der Waals surface area contributed by atoms with Crippen molar-refractivity contribution < 1.29 is 23.7 Å². The molecule has 2 aliphatic rings. The molecule has 1 spiro atoms. The fraction of sp³-hybridized carbons (Fsp3) is 0.550. The van der Waals surface area contributed by atoms with E-state index in [9.17, 15) is 4.79 Å². The van der Waals surface area contributed by atoms with E-state index in [2.05, 4.69) is 10.1 Å². The second-order valence-electron chi connectivity index (χ2n) is 7.30. The van der Waals surface area contributed by atoms with E-state index in [4.69, 9.17) is 18.9 Å². The van der Waals surface area contributed by atoms with Gasteiger partial charge in [-0.05, 0) is 42.5 Å². The summed E-state index contributed by atoms with van der Waals surface area (Å²) in [6.07, 6.45) is 2.23. The Labute approximate surface area is 169 Å². The zero-order valence-electron chi connectivity index (χ0n) is 17.2. The molecule has 1 aromatic heterocycles. The van der Waals surface area contributed by atoms with Gasteiger partial charge in [0.1, 0.15) is 0 Å². The van der Waals surface area contributed by atoms with Gasteiger partial charge in [-0.3, -0.25) is 4.79 Å². The third-order valence-electron chi connectivity index (χ3n) is 5.81. The van der Waals surface area contributed by atoms with Gasteiger partial charge in [0.2, 0.25) is 5.82 Å². The van der Waals surface area contributed by atoms with Crippen molar-refractivity contribution >= 4 is 5.91 Å². The number of aryl methyl sites for hydroxylation is 1. The fourth-order valence-corrected chi connectivity index (χ4v) is 4.25. The number of likely N-dealkylation sites (tertiary alicyclic amines) is 1. The number of carbonyl (C=O) groups is 1. The Morgan fingerprint density at radius 3 is 2.41 bits per heavy atom. The summed E-state index contributed by atoms with van der Waals surface area (Å²) in [5.41, 5.74) is 1.93. The van der Waals surface area contributed by atoms with Crippen LogP contribution in [0.25, 0.3) is 0 Å². The Hall–Kier alpha value is -2.81. The van der Waals surface area contributed by atoms with Gasteiger partial charge in [-0.1, -0.05) is 0 Å². The van der Waals surface area contributed by atoms with E-state index < -0.39 is 5.60 Å². The summed E-state index contributed by atoms with van der Waals surface area (Å²) in [4.78, 5) is 18.8. The van der Waals surface area contributed by atoms with Crippen LogP contribution in [0.5, 0.6) is 17.5 Å². The summed E-state index contributed by atoms with van der Waals surface area (Å²) in [5, 5.41) is 4.17. The molecule has 0 N–H and O–H groups in total. The zero-order chi connectivity index (χ0) is 20.6. The molecule has 0 aliphatic carbocycles. The normalized spacial score (nSPS) is 17.7. The van der Waals surface area contributed by atoms with Gasteiger partial charge in [0, 0.05) is 20.1 Å². The maximum Gasteiger partial charge on any atom is 0.314 e. The summed E-state index contributed by atoms with van der Waals surface area (Å²) < 4.78 is 23.8. The predicted octanol–water partition coefficient (Wildman–Crippen LogP) is 1.55. The van der Waals surface area contributed by atoms with Crippen LogP contribution in [0, 0.1) is 0 Å². The molecule has 9 heteroatoms. The van der Waals surface area contributed by atoms with Crippen LogP contribution in [-0.2, 0) is 23.8 Å². The summed E-state index contributed by atoms with van der Waals surface area (Å²) in [6, 6.07) is 4.38. The highest BCUT2D eigenvalue weighted by Crippen LogP contribution is 2.45. The van der Waals surface area contributed by atoms with E-state index in [0.29, 0.717) is 44.3 Å². The number of amides is 1. The predicted molar refractivity (Wildman–Crippen MR) is 104 cm³/mol. The SMILES string of the molecule is COc1cc2c(cc1OC)C1(CCN(C(=O)c3nc(OC)n(C)n3)CC1)OCC2. The molecule has 29 heavy (non-hydrogen) atoms. The molecule has 0 radical (unpaired) electrons. The minimum absolute atomic E-state index is 0.150. The number of hydrogen-bond donors (Lipinski definition) is 0. The number of aromatic nitrogens is 3. The van der Waals surface area contributed by atoms with Crippen LogP contribution >= 0.6 is 0 Å². The number of methoxy groups -OCH3 is 3. The van der Waals surface area contributed by atoms with E-state index in [0.717, 1.165) is 17.7 Å². The van der Waals surface area contributed by atoms with Crippen LogP contribution in [0.2, 0.25) is 0 Å². The first kappa shape index (κ1) is 19.5. The van der Waals surface area contributed by atoms with Crippen LogP contribution in [-0.4, -0.2) is 66.6 Å². The highest BCUT2D eigenvalue weighted by Gasteiger charge is 2.43. The van der Waals surface area contributed by atoms with E-state index >= 15 is 0 Å².